The van der Waals surface area contributed by atoms with E-state index in [1.54, 1.807) is 11.8 Å². The van der Waals surface area contributed by atoms with Crippen molar-refractivity contribution >= 4 is 17.7 Å². The fourth-order valence-corrected chi connectivity index (χ4v) is 3.92. The van der Waals surface area contributed by atoms with E-state index < -0.39 is 0 Å². The van der Waals surface area contributed by atoms with Gasteiger partial charge in [0.2, 0.25) is 5.91 Å². The maximum atomic E-state index is 12.6. The van der Waals surface area contributed by atoms with Gasteiger partial charge in [-0.2, -0.15) is 0 Å². The summed E-state index contributed by atoms with van der Waals surface area (Å²) in [5.41, 5.74) is 1.23. The summed E-state index contributed by atoms with van der Waals surface area (Å²) in [6.45, 7) is 3.88. The van der Waals surface area contributed by atoms with Crippen LogP contribution in [-0.2, 0) is 4.79 Å². The lowest BCUT2D eigenvalue weighted by molar-refractivity contribution is -0.124. The van der Waals surface area contributed by atoms with Crippen LogP contribution in [0, 0.1) is 6.92 Å². The number of benzene rings is 1. The number of amides is 1. The maximum absolute atomic E-state index is 12.6. The first-order chi connectivity index (χ1) is 9.55. The molecule has 2 rings (SSSR count). The number of hydrogen-bond acceptors (Lipinski definition) is 3. The predicted octanol–water partition coefficient (Wildman–Crippen LogP) is 2.90. The molecule has 0 aromatic heterocycles. The first-order valence-corrected chi connectivity index (χ1v) is 8.05. The number of hydrogen-bond donors (Lipinski definition) is 2. The highest BCUT2D eigenvalue weighted by molar-refractivity contribution is 8.01. The molecule has 0 aliphatic heterocycles. The Kier molecular flexibility index (Phi) is 5.11. The van der Waals surface area contributed by atoms with E-state index in [1.165, 1.54) is 5.56 Å². The first kappa shape index (κ1) is 15.4. The van der Waals surface area contributed by atoms with Crippen LogP contribution in [0.25, 0.3) is 0 Å². The fraction of sp³-hybridized carbons (Fsp3) is 0.562. The molecule has 110 valence electrons. The smallest absolute Gasteiger partial charge is 0.236 e. The number of aliphatic hydroxyl groups excluding tert-OH is 1. The Hall–Kier alpha value is -1.00. The number of carbonyl (C=O) groups is 1. The molecule has 1 amide bonds. The Morgan fingerprint density at radius 1 is 1.35 bits per heavy atom. The molecule has 3 nitrogen and oxygen atoms in total. The molecular formula is C16H23NO2S. The standard InChI is InChI=1S/C16H23NO2S/c1-12-5-7-14(8-6-12)20-16(9-3-4-10-16)15(19)17-13(2)11-18/h5-8,13,18H,3-4,9-11H2,1-2H3,(H,17,19). The van der Waals surface area contributed by atoms with Crippen molar-refractivity contribution in [3.8, 4) is 0 Å². The molecule has 20 heavy (non-hydrogen) atoms. The highest BCUT2D eigenvalue weighted by atomic mass is 32.2. The van der Waals surface area contributed by atoms with Gasteiger partial charge in [0.1, 0.15) is 0 Å². The molecular weight excluding hydrogens is 270 g/mol. The lowest BCUT2D eigenvalue weighted by Crippen LogP contribution is -2.47. The SMILES string of the molecule is Cc1ccc(SC2(C(=O)NC(C)CO)CCCC2)cc1. The summed E-state index contributed by atoms with van der Waals surface area (Å²) >= 11 is 1.67. The Morgan fingerprint density at radius 3 is 2.50 bits per heavy atom. The van der Waals surface area contributed by atoms with Crippen LogP contribution in [0.2, 0.25) is 0 Å². The summed E-state index contributed by atoms with van der Waals surface area (Å²) in [6, 6.07) is 8.16. The Bertz CT molecular complexity index is 452. The van der Waals surface area contributed by atoms with Crippen molar-refractivity contribution in [2.24, 2.45) is 0 Å². The van der Waals surface area contributed by atoms with E-state index in [1.807, 2.05) is 6.92 Å². The number of thioether (sulfide) groups is 1. The van der Waals surface area contributed by atoms with Crippen LogP contribution in [0.1, 0.15) is 38.2 Å². The van der Waals surface area contributed by atoms with Gasteiger partial charge in [0, 0.05) is 10.9 Å². The minimum absolute atomic E-state index is 0.0168. The van der Waals surface area contributed by atoms with Gasteiger partial charge in [-0.1, -0.05) is 30.5 Å². The van der Waals surface area contributed by atoms with Crippen LogP contribution in [0.4, 0.5) is 0 Å². The maximum Gasteiger partial charge on any atom is 0.236 e. The van der Waals surface area contributed by atoms with Gasteiger partial charge in [-0.05, 0) is 38.8 Å². The van der Waals surface area contributed by atoms with Crippen molar-refractivity contribution < 1.29 is 9.90 Å². The predicted molar refractivity (Wildman–Crippen MR) is 82.9 cm³/mol. The average molecular weight is 293 g/mol. The molecule has 2 N–H and O–H groups in total. The molecule has 1 fully saturated rings. The third-order valence-electron chi connectivity index (χ3n) is 3.81. The first-order valence-electron chi connectivity index (χ1n) is 7.23. The minimum atomic E-state index is -0.362. The van der Waals surface area contributed by atoms with Crippen molar-refractivity contribution in [2.75, 3.05) is 6.61 Å². The highest BCUT2D eigenvalue weighted by Gasteiger charge is 2.42. The summed E-state index contributed by atoms with van der Waals surface area (Å²) in [6.07, 6.45) is 4.02. The van der Waals surface area contributed by atoms with Gasteiger partial charge in [-0.15, -0.1) is 11.8 Å². The van der Waals surface area contributed by atoms with Gasteiger partial charge in [0.15, 0.2) is 0 Å². The van der Waals surface area contributed by atoms with Gasteiger partial charge in [0.05, 0.1) is 11.4 Å². The zero-order valence-electron chi connectivity index (χ0n) is 12.2. The molecule has 1 aliphatic rings. The van der Waals surface area contributed by atoms with Crippen LogP contribution < -0.4 is 5.32 Å². The van der Waals surface area contributed by atoms with Gasteiger partial charge in [-0.3, -0.25) is 4.79 Å². The van der Waals surface area contributed by atoms with E-state index in [4.69, 9.17) is 5.11 Å². The van der Waals surface area contributed by atoms with Crippen LogP contribution in [0.5, 0.6) is 0 Å². The summed E-state index contributed by atoms with van der Waals surface area (Å²) < 4.78 is -0.362. The third kappa shape index (κ3) is 3.55. The van der Waals surface area contributed by atoms with Crippen molar-refractivity contribution in [1.82, 2.24) is 5.32 Å². The van der Waals surface area contributed by atoms with Crippen LogP contribution in [-0.4, -0.2) is 28.4 Å². The van der Waals surface area contributed by atoms with Crippen molar-refractivity contribution in [1.29, 1.82) is 0 Å². The molecule has 0 saturated heterocycles. The Balaban J connectivity index is 2.13. The van der Waals surface area contributed by atoms with E-state index in [0.29, 0.717) is 0 Å². The number of nitrogens with one attached hydrogen (secondary N) is 1. The van der Waals surface area contributed by atoms with Crippen LogP contribution >= 0.6 is 11.8 Å². The average Bonchev–Trinajstić information content (AvgIpc) is 2.91. The van der Waals surface area contributed by atoms with Gasteiger partial charge in [0.25, 0.3) is 0 Å². The van der Waals surface area contributed by atoms with Gasteiger partial charge < -0.3 is 10.4 Å². The minimum Gasteiger partial charge on any atom is -0.394 e. The molecule has 1 unspecified atom stereocenters. The van der Waals surface area contributed by atoms with E-state index in [-0.39, 0.29) is 23.3 Å². The zero-order chi connectivity index (χ0) is 14.6. The monoisotopic (exact) mass is 293 g/mol. The second kappa shape index (κ2) is 6.64. The normalized spacial score (nSPS) is 18.8. The van der Waals surface area contributed by atoms with E-state index in [2.05, 4.69) is 36.5 Å². The van der Waals surface area contributed by atoms with Gasteiger partial charge >= 0.3 is 0 Å². The Morgan fingerprint density at radius 2 is 1.95 bits per heavy atom. The van der Waals surface area contributed by atoms with Gasteiger partial charge in [-0.25, -0.2) is 0 Å². The van der Waals surface area contributed by atoms with Crippen molar-refractivity contribution in [3.05, 3.63) is 29.8 Å². The molecule has 4 heteroatoms. The van der Waals surface area contributed by atoms with Crippen LogP contribution in [0.3, 0.4) is 0 Å². The highest BCUT2D eigenvalue weighted by Crippen LogP contribution is 2.45. The molecule has 1 aromatic rings. The number of aliphatic hydroxyl groups is 1. The van der Waals surface area contributed by atoms with E-state index in [0.717, 1.165) is 30.6 Å². The number of rotatable bonds is 5. The quantitative estimate of drug-likeness (QED) is 0.877. The summed E-state index contributed by atoms with van der Waals surface area (Å²) in [5.74, 6) is 0.0714. The lowest BCUT2D eigenvalue weighted by Gasteiger charge is -2.28. The van der Waals surface area contributed by atoms with E-state index in [9.17, 15) is 4.79 Å². The van der Waals surface area contributed by atoms with Crippen LogP contribution in [0.15, 0.2) is 29.2 Å². The number of carbonyl (C=O) groups excluding carboxylic acids is 1. The molecule has 1 saturated carbocycles. The van der Waals surface area contributed by atoms with Crippen molar-refractivity contribution in [3.63, 3.8) is 0 Å². The molecule has 1 aromatic carbocycles. The molecule has 1 aliphatic carbocycles. The largest absolute Gasteiger partial charge is 0.394 e. The Labute approximate surface area is 125 Å². The van der Waals surface area contributed by atoms with Crippen molar-refractivity contribution in [2.45, 2.75) is 55.2 Å². The van der Waals surface area contributed by atoms with E-state index >= 15 is 0 Å². The topological polar surface area (TPSA) is 49.3 Å². The summed E-state index contributed by atoms with van der Waals surface area (Å²) in [5, 5.41) is 12.0. The lowest BCUT2D eigenvalue weighted by atomic mass is 10.1. The second-order valence-corrected chi connectivity index (χ2v) is 7.13. The molecule has 0 spiro atoms. The molecule has 0 radical (unpaired) electrons. The number of aryl methyl sites for hydroxylation is 1. The molecule has 0 heterocycles. The molecule has 0 bridgehead atoms. The third-order valence-corrected chi connectivity index (χ3v) is 5.30. The molecule has 1 atom stereocenters. The summed E-state index contributed by atoms with van der Waals surface area (Å²) in [4.78, 5) is 13.7. The fourth-order valence-electron chi connectivity index (χ4n) is 2.55. The second-order valence-electron chi connectivity index (χ2n) is 5.67. The zero-order valence-corrected chi connectivity index (χ0v) is 13.0. The summed E-state index contributed by atoms with van der Waals surface area (Å²) in [7, 11) is 0.